The Hall–Kier alpha value is -2.92. The van der Waals surface area contributed by atoms with Crippen molar-refractivity contribution >= 4 is 39.3 Å². The average Bonchev–Trinajstić information content (AvgIpc) is 3.36. The molecule has 0 radical (unpaired) electrons. The second-order valence-electron chi connectivity index (χ2n) is 7.71. The summed E-state index contributed by atoms with van der Waals surface area (Å²) in [6.45, 7) is 3.07. The lowest BCUT2D eigenvalue weighted by molar-refractivity contribution is 0.0824. The van der Waals surface area contributed by atoms with Gasteiger partial charge in [-0.05, 0) is 47.5 Å². The smallest absolute Gasteiger partial charge is 0.328 e. The number of unbranched alkanes of at least 4 members (excludes halogenated alkanes) is 3. The van der Waals surface area contributed by atoms with Gasteiger partial charge in [-0.3, -0.25) is 9.69 Å². The van der Waals surface area contributed by atoms with E-state index in [9.17, 15) is 22.8 Å². The predicted octanol–water partition coefficient (Wildman–Crippen LogP) is 3.22. The van der Waals surface area contributed by atoms with Crippen LogP contribution in [0, 0.1) is 0 Å². The summed E-state index contributed by atoms with van der Waals surface area (Å²) in [6, 6.07) is 6.72. The number of sulfonamides is 1. The SMILES string of the molecule is CCCCCCNC(=O)NS(=O)(=O)c1ccc(CCNC(=O)N2Cc3ccsc3C2=O)cc1. The molecule has 178 valence electrons. The van der Waals surface area contributed by atoms with E-state index in [0.717, 1.165) is 36.8 Å². The highest BCUT2D eigenvalue weighted by Gasteiger charge is 2.32. The van der Waals surface area contributed by atoms with E-state index in [1.54, 1.807) is 12.1 Å². The van der Waals surface area contributed by atoms with Gasteiger partial charge < -0.3 is 10.6 Å². The van der Waals surface area contributed by atoms with Crippen LogP contribution in [0.4, 0.5) is 9.59 Å². The van der Waals surface area contributed by atoms with Crippen molar-refractivity contribution in [1.82, 2.24) is 20.3 Å². The topological polar surface area (TPSA) is 125 Å². The quantitative estimate of drug-likeness (QED) is 0.439. The van der Waals surface area contributed by atoms with E-state index in [1.165, 1.54) is 28.4 Å². The molecule has 11 heteroatoms. The zero-order chi connectivity index (χ0) is 23.8. The molecule has 0 saturated heterocycles. The molecule has 1 aliphatic heterocycles. The minimum atomic E-state index is -3.97. The van der Waals surface area contributed by atoms with Crippen LogP contribution >= 0.6 is 11.3 Å². The zero-order valence-corrected chi connectivity index (χ0v) is 20.1. The fourth-order valence-electron chi connectivity index (χ4n) is 3.39. The Morgan fingerprint density at radius 3 is 2.48 bits per heavy atom. The Labute approximate surface area is 197 Å². The third-order valence-corrected chi connectivity index (χ3v) is 7.52. The third-order valence-electron chi connectivity index (χ3n) is 5.23. The molecule has 1 aliphatic rings. The molecule has 1 aromatic heterocycles. The van der Waals surface area contributed by atoms with Crippen LogP contribution in [0.25, 0.3) is 0 Å². The molecule has 0 atom stereocenters. The molecule has 0 fully saturated rings. The first-order valence-corrected chi connectivity index (χ1v) is 13.2. The zero-order valence-electron chi connectivity index (χ0n) is 18.4. The summed E-state index contributed by atoms with van der Waals surface area (Å²) < 4.78 is 26.8. The normalized spacial score (nSPS) is 13.0. The van der Waals surface area contributed by atoms with Crippen LogP contribution in [-0.2, 0) is 23.0 Å². The molecule has 0 spiro atoms. The molecular formula is C22H28N4O5S2. The summed E-state index contributed by atoms with van der Waals surface area (Å²) >= 11 is 1.32. The standard InChI is InChI=1S/C22H28N4O5S2/c1-2-3-4-5-12-23-21(28)25-33(30,31)18-8-6-16(7-9-18)10-13-24-22(29)26-15-17-11-14-32-19(17)20(26)27/h6-9,11,14H,2-5,10,12-13,15H2,1H3,(H,24,29)(H2,23,25,28). The summed E-state index contributed by atoms with van der Waals surface area (Å²) in [5.74, 6) is -0.287. The maximum absolute atomic E-state index is 12.4. The number of nitrogens with zero attached hydrogens (tertiary/aromatic N) is 1. The van der Waals surface area contributed by atoms with Crippen LogP contribution in [0.5, 0.6) is 0 Å². The van der Waals surface area contributed by atoms with Crippen molar-refractivity contribution in [2.45, 2.75) is 50.5 Å². The number of carbonyl (C=O) groups excluding carboxylic acids is 3. The molecule has 2 heterocycles. The van der Waals surface area contributed by atoms with E-state index in [4.69, 9.17) is 0 Å². The van der Waals surface area contributed by atoms with E-state index in [1.807, 2.05) is 16.2 Å². The number of thiophene rings is 1. The minimum absolute atomic E-state index is 0.0229. The summed E-state index contributed by atoms with van der Waals surface area (Å²) in [5.41, 5.74) is 1.66. The van der Waals surface area contributed by atoms with Gasteiger partial charge in [-0.2, -0.15) is 0 Å². The second-order valence-corrected chi connectivity index (χ2v) is 10.3. The number of nitrogens with one attached hydrogen (secondary N) is 3. The average molecular weight is 493 g/mol. The van der Waals surface area contributed by atoms with Gasteiger partial charge in [-0.1, -0.05) is 38.3 Å². The van der Waals surface area contributed by atoms with Crippen molar-refractivity contribution in [1.29, 1.82) is 0 Å². The molecule has 3 rings (SSSR count). The monoisotopic (exact) mass is 492 g/mol. The summed E-state index contributed by atoms with van der Waals surface area (Å²) in [7, 11) is -3.97. The van der Waals surface area contributed by atoms with Gasteiger partial charge in [0.05, 0.1) is 16.3 Å². The van der Waals surface area contributed by atoms with E-state index >= 15 is 0 Å². The molecule has 1 aromatic carbocycles. The van der Waals surface area contributed by atoms with Crippen molar-refractivity contribution in [2.75, 3.05) is 13.1 Å². The van der Waals surface area contributed by atoms with Crippen LogP contribution in [-0.4, -0.2) is 44.4 Å². The number of amides is 5. The van der Waals surface area contributed by atoms with Crippen molar-refractivity contribution in [3.05, 3.63) is 51.7 Å². The van der Waals surface area contributed by atoms with Gasteiger partial charge in [0, 0.05) is 13.1 Å². The lowest BCUT2D eigenvalue weighted by Gasteiger charge is -2.15. The number of hydrogen-bond acceptors (Lipinski definition) is 6. The van der Waals surface area contributed by atoms with Crippen molar-refractivity contribution in [2.24, 2.45) is 0 Å². The largest absolute Gasteiger partial charge is 0.337 e. The van der Waals surface area contributed by atoms with Gasteiger partial charge in [-0.25, -0.2) is 22.7 Å². The van der Waals surface area contributed by atoms with Crippen molar-refractivity contribution in [3.63, 3.8) is 0 Å². The molecule has 0 bridgehead atoms. The molecule has 2 aromatic rings. The van der Waals surface area contributed by atoms with Gasteiger partial charge in [-0.15, -0.1) is 11.3 Å². The van der Waals surface area contributed by atoms with Crippen LogP contribution in [0.1, 0.15) is 53.4 Å². The maximum Gasteiger partial charge on any atom is 0.328 e. The van der Waals surface area contributed by atoms with Gasteiger partial charge in [0.2, 0.25) is 0 Å². The number of urea groups is 2. The molecule has 3 N–H and O–H groups in total. The lowest BCUT2D eigenvalue weighted by atomic mass is 10.1. The van der Waals surface area contributed by atoms with Gasteiger partial charge in [0.25, 0.3) is 15.9 Å². The van der Waals surface area contributed by atoms with Crippen molar-refractivity contribution in [3.8, 4) is 0 Å². The van der Waals surface area contributed by atoms with E-state index in [0.29, 0.717) is 24.4 Å². The summed E-state index contributed by atoms with van der Waals surface area (Å²) in [6.07, 6.45) is 4.39. The summed E-state index contributed by atoms with van der Waals surface area (Å²) in [5, 5.41) is 7.10. The minimum Gasteiger partial charge on any atom is -0.337 e. The number of rotatable bonds is 10. The number of hydrogen-bond donors (Lipinski definition) is 3. The first kappa shape index (κ1) is 24.7. The van der Waals surface area contributed by atoms with Crippen LogP contribution < -0.4 is 15.4 Å². The Bertz CT molecular complexity index is 1100. The molecule has 0 aliphatic carbocycles. The maximum atomic E-state index is 12.4. The van der Waals surface area contributed by atoms with Crippen LogP contribution in [0.2, 0.25) is 0 Å². The molecule has 9 nitrogen and oxygen atoms in total. The van der Waals surface area contributed by atoms with Gasteiger partial charge >= 0.3 is 12.1 Å². The fourth-order valence-corrected chi connectivity index (χ4v) is 5.18. The van der Waals surface area contributed by atoms with Crippen molar-refractivity contribution < 1.29 is 22.8 Å². The van der Waals surface area contributed by atoms with Gasteiger partial charge in [0.1, 0.15) is 0 Å². The van der Waals surface area contributed by atoms with E-state index in [-0.39, 0.29) is 17.3 Å². The van der Waals surface area contributed by atoms with E-state index < -0.39 is 22.1 Å². The Kier molecular flexibility index (Phi) is 8.45. The third kappa shape index (κ3) is 6.55. The van der Waals surface area contributed by atoms with Gasteiger partial charge in [0.15, 0.2) is 0 Å². The Morgan fingerprint density at radius 1 is 1.03 bits per heavy atom. The number of carbonyl (C=O) groups is 3. The summed E-state index contributed by atoms with van der Waals surface area (Å²) in [4.78, 5) is 38.1. The fraction of sp³-hybridized carbons (Fsp3) is 0.409. The first-order valence-electron chi connectivity index (χ1n) is 10.9. The Morgan fingerprint density at radius 2 is 1.79 bits per heavy atom. The molecule has 0 unspecified atom stereocenters. The molecule has 33 heavy (non-hydrogen) atoms. The first-order chi connectivity index (χ1) is 15.8. The van der Waals surface area contributed by atoms with E-state index in [2.05, 4.69) is 17.6 Å². The lowest BCUT2D eigenvalue weighted by Crippen LogP contribution is -2.40. The molecule has 0 saturated carbocycles. The molecule has 5 amide bonds. The highest BCUT2D eigenvalue weighted by molar-refractivity contribution is 7.90. The van der Waals surface area contributed by atoms with Crippen LogP contribution in [0.15, 0.2) is 40.6 Å². The highest BCUT2D eigenvalue weighted by atomic mass is 32.2. The highest BCUT2D eigenvalue weighted by Crippen LogP contribution is 2.27. The predicted molar refractivity (Wildman–Crippen MR) is 126 cm³/mol. The second kappa shape index (κ2) is 11.3. The molecular weight excluding hydrogens is 464 g/mol. The van der Waals surface area contributed by atoms with Crippen LogP contribution in [0.3, 0.4) is 0 Å². The number of benzene rings is 1. The number of fused-ring (bicyclic) bond motifs is 1. The Balaban J connectivity index is 1.43. The number of imide groups is 1.